The van der Waals surface area contributed by atoms with Crippen molar-refractivity contribution < 1.29 is 13.6 Å². The fourth-order valence-electron chi connectivity index (χ4n) is 3.05. The Labute approximate surface area is 132 Å². The molecule has 0 radical (unpaired) electrons. The summed E-state index contributed by atoms with van der Waals surface area (Å²) in [4.78, 5) is 17.8. The predicted molar refractivity (Wildman–Crippen MR) is 84.6 cm³/mol. The van der Waals surface area contributed by atoms with E-state index in [2.05, 4.69) is 4.98 Å². The normalized spacial score (nSPS) is 15.7. The van der Waals surface area contributed by atoms with Crippen LogP contribution in [0.4, 0.5) is 4.39 Å². The molecule has 0 aliphatic heterocycles. The highest BCUT2D eigenvalue weighted by Crippen LogP contribution is 2.36. The Hall–Kier alpha value is -2.56. The van der Waals surface area contributed by atoms with Crippen LogP contribution in [0.5, 0.6) is 0 Å². The number of halogens is 1. The number of amides is 1. The van der Waals surface area contributed by atoms with Crippen molar-refractivity contribution >= 4 is 16.8 Å². The van der Waals surface area contributed by atoms with E-state index in [4.69, 9.17) is 4.42 Å². The third-order valence-corrected chi connectivity index (χ3v) is 4.39. The molecule has 4 rings (SSSR count). The molecule has 23 heavy (non-hydrogen) atoms. The number of furan rings is 1. The van der Waals surface area contributed by atoms with Crippen LogP contribution in [-0.2, 0) is 0 Å². The number of hydrogen-bond acceptors (Lipinski definition) is 2. The van der Waals surface area contributed by atoms with E-state index in [1.807, 2.05) is 24.0 Å². The first-order valence-electron chi connectivity index (χ1n) is 7.78. The molecular weight excluding hydrogens is 295 g/mol. The molecule has 1 unspecified atom stereocenters. The highest BCUT2D eigenvalue weighted by Gasteiger charge is 2.38. The Morgan fingerprint density at radius 2 is 2.17 bits per heavy atom. The maximum Gasteiger partial charge on any atom is 0.271 e. The number of aromatic nitrogens is 1. The first-order valence-corrected chi connectivity index (χ1v) is 7.78. The zero-order chi connectivity index (χ0) is 16.0. The number of carbonyl (C=O) groups is 1. The summed E-state index contributed by atoms with van der Waals surface area (Å²) in [6.45, 7) is 1.96. The number of aromatic amines is 1. The number of benzene rings is 1. The van der Waals surface area contributed by atoms with Crippen molar-refractivity contribution in [3.63, 3.8) is 0 Å². The fourth-order valence-corrected chi connectivity index (χ4v) is 3.05. The predicted octanol–water partition coefficient (Wildman–Crippen LogP) is 4.27. The summed E-state index contributed by atoms with van der Waals surface area (Å²) in [5.41, 5.74) is 1.05. The summed E-state index contributed by atoms with van der Waals surface area (Å²) in [5, 5.41) is 0.442. The Morgan fingerprint density at radius 1 is 1.35 bits per heavy atom. The monoisotopic (exact) mass is 312 g/mol. The Balaban J connectivity index is 1.70. The van der Waals surface area contributed by atoms with Crippen LogP contribution in [0.25, 0.3) is 10.9 Å². The van der Waals surface area contributed by atoms with Crippen LogP contribution in [0.3, 0.4) is 0 Å². The number of rotatable bonds is 4. The number of carbonyl (C=O) groups excluding carboxylic acids is 1. The molecule has 1 fully saturated rings. The van der Waals surface area contributed by atoms with Crippen LogP contribution in [0.2, 0.25) is 0 Å². The second-order valence-corrected chi connectivity index (χ2v) is 6.02. The van der Waals surface area contributed by atoms with Gasteiger partial charge in [0.1, 0.15) is 17.3 Å². The van der Waals surface area contributed by atoms with Gasteiger partial charge in [0, 0.05) is 16.9 Å². The van der Waals surface area contributed by atoms with Gasteiger partial charge in [0.05, 0.1) is 12.3 Å². The molecule has 0 saturated heterocycles. The van der Waals surface area contributed by atoms with Crippen molar-refractivity contribution in [3.8, 4) is 0 Å². The van der Waals surface area contributed by atoms with Gasteiger partial charge in [-0.05, 0) is 50.1 Å². The molecule has 4 nitrogen and oxygen atoms in total. The molecule has 5 heteroatoms. The molecule has 2 aromatic heterocycles. The van der Waals surface area contributed by atoms with E-state index in [1.165, 1.54) is 6.07 Å². The third kappa shape index (κ3) is 2.42. The molecule has 1 aromatic carbocycles. The fraction of sp³-hybridized carbons (Fsp3) is 0.278. The van der Waals surface area contributed by atoms with E-state index >= 15 is 0 Å². The summed E-state index contributed by atoms with van der Waals surface area (Å²) >= 11 is 0. The lowest BCUT2D eigenvalue weighted by Crippen LogP contribution is -2.35. The van der Waals surface area contributed by atoms with E-state index in [9.17, 15) is 9.18 Å². The van der Waals surface area contributed by atoms with Gasteiger partial charge in [-0.2, -0.15) is 0 Å². The maximum absolute atomic E-state index is 13.9. The van der Waals surface area contributed by atoms with Crippen molar-refractivity contribution in [2.75, 3.05) is 0 Å². The molecule has 1 saturated carbocycles. The van der Waals surface area contributed by atoms with Gasteiger partial charge in [0.25, 0.3) is 5.91 Å². The van der Waals surface area contributed by atoms with Crippen LogP contribution in [-0.4, -0.2) is 21.8 Å². The van der Waals surface area contributed by atoms with Gasteiger partial charge in [-0.15, -0.1) is 0 Å². The van der Waals surface area contributed by atoms with E-state index in [0.717, 1.165) is 18.6 Å². The number of hydrogen-bond donors (Lipinski definition) is 1. The topological polar surface area (TPSA) is 49.2 Å². The average Bonchev–Trinajstić information content (AvgIpc) is 3.06. The molecule has 1 aliphatic carbocycles. The quantitative estimate of drug-likeness (QED) is 0.782. The van der Waals surface area contributed by atoms with Gasteiger partial charge in [-0.25, -0.2) is 4.39 Å². The Morgan fingerprint density at radius 3 is 2.83 bits per heavy atom. The molecule has 1 N–H and O–H groups in total. The largest absolute Gasteiger partial charge is 0.467 e. The summed E-state index contributed by atoms with van der Waals surface area (Å²) < 4.78 is 19.3. The number of nitrogens with one attached hydrogen (secondary N) is 1. The minimum Gasteiger partial charge on any atom is -0.467 e. The SMILES string of the molecule is CC(c1ccco1)N(C(=O)c1cc2c(F)cccc2[nH]1)C1CC1. The second kappa shape index (κ2) is 5.26. The van der Waals surface area contributed by atoms with E-state index in [1.54, 1.807) is 24.5 Å². The third-order valence-electron chi connectivity index (χ3n) is 4.39. The Kier molecular flexibility index (Phi) is 3.22. The lowest BCUT2D eigenvalue weighted by Gasteiger charge is -2.27. The van der Waals surface area contributed by atoms with Gasteiger partial charge in [-0.1, -0.05) is 6.07 Å². The highest BCUT2D eigenvalue weighted by atomic mass is 19.1. The Bertz CT molecular complexity index is 849. The van der Waals surface area contributed by atoms with Gasteiger partial charge in [0.15, 0.2) is 0 Å². The van der Waals surface area contributed by atoms with Crippen LogP contribution >= 0.6 is 0 Å². The zero-order valence-corrected chi connectivity index (χ0v) is 12.8. The van der Waals surface area contributed by atoms with Crippen LogP contribution < -0.4 is 0 Å². The summed E-state index contributed by atoms with van der Waals surface area (Å²) in [6, 6.07) is 10.2. The first-order chi connectivity index (χ1) is 11.1. The van der Waals surface area contributed by atoms with Gasteiger partial charge in [0.2, 0.25) is 0 Å². The van der Waals surface area contributed by atoms with E-state index in [-0.39, 0.29) is 23.8 Å². The summed E-state index contributed by atoms with van der Waals surface area (Å²) in [5.74, 6) is 0.314. The van der Waals surface area contributed by atoms with E-state index < -0.39 is 0 Å². The van der Waals surface area contributed by atoms with Gasteiger partial charge >= 0.3 is 0 Å². The van der Waals surface area contributed by atoms with Crippen molar-refractivity contribution in [3.05, 3.63) is 59.9 Å². The minimum atomic E-state index is -0.324. The van der Waals surface area contributed by atoms with Crippen molar-refractivity contribution in [1.29, 1.82) is 0 Å². The lowest BCUT2D eigenvalue weighted by atomic mass is 10.2. The number of H-pyrrole nitrogens is 1. The first kappa shape index (κ1) is 14.1. The highest BCUT2D eigenvalue weighted by molar-refractivity contribution is 5.98. The maximum atomic E-state index is 13.9. The van der Waals surface area contributed by atoms with Gasteiger partial charge in [-0.3, -0.25) is 4.79 Å². The van der Waals surface area contributed by atoms with Crippen molar-refractivity contribution in [2.45, 2.75) is 31.8 Å². The molecule has 1 atom stereocenters. The molecule has 118 valence electrons. The molecule has 1 aliphatic rings. The smallest absolute Gasteiger partial charge is 0.271 e. The molecule has 2 heterocycles. The molecule has 0 bridgehead atoms. The van der Waals surface area contributed by atoms with Crippen LogP contribution in [0.1, 0.15) is 42.1 Å². The standard InChI is InChI=1S/C18H17FN2O2/c1-11(17-6-3-9-23-17)21(12-7-8-12)18(22)16-10-13-14(19)4-2-5-15(13)20-16/h2-6,9-12,20H,7-8H2,1H3. The number of nitrogens with zero attached hydrogens (tertiary/aromatic N) is 1. The average molecular weight is 312 g/mol. The van der Waals surface area contributed by atoms with Crippen LogP contribution in [0, 0.1) is 5.82 Å². The second-order valence-electron chi connectivity index (χ2n) is 6.02. The van der Waals surface area contributed by atoms with Crippen LogP contribution in [0.15, 0.2) is 47.1 Å². The minimum absolute atomic E-state index is 0.119. The van der Waals surface area contributed by atoms with Gasteiger partial charge < -0.3 is 14.3 Å². The lowest BCUT2D eigenvalue weighted by molar-refractivity contribution is 0.0647. The zero-order valence-electron chi connectivity index (χ0n) is 12.8. The molecule has 3 aromatic rings. The number of fused-ring (bicyclic) bond motifs is 1. The van der Waals surface area contributed by atoms with E-state index in [0.29, 0.717) is 16.6 Å². The molecule has 0 spiro atoms. The molecular formula is C18H17FN2O2. The van der Waals surface area contributed by atoms with Crippen molar-refractivity contribution in [2.24, 2.45) is 0 Å². The summed E-state index contributed by atoms with van der Waals surface area (Å²) in [6.07, 6.45) is 3.59. The van der Waals surface area contributed by atoms with Crippen molar-refractivity contribution in [1.82, 2.24) is 9.88 Å². The molecule has 1 amide bonds. The summed E-state index contributed by atoms with van der Waals surface area (Å²) in [7, 11) is 0.